The lowest BCUT2D eigenvalue weighted by Crippen LogP contribution is -2.02. The second-order valence-corrected chi connectivity index (χ2v) is 5.29. The first-order valence-corrected chi connectivity index (χ1v) is 6.61. The number of H-pyrrole nitrogens is 1. The molecule has 0 amide bonds. The van der Waals surface area contributed by atoms with Gasteiger partial charge in [-0.1, -0.05) is 17.7 Å². The van der Waals surface area contributed by atoms with Crippen molar-refractivity contribution >= 4 is 34.0 Å². The molecule has 0 fully saturated rings. The molecule has 3 rings (SSSR count). The van der Waals surface area contributed by atoms with Gasteiger partial charge in [-0.05, 0) is 42.8 Å². The van der Waals surface area contributed by atoms with E-state index in [1.54, 1.807) is 24.4 Å². The highest BCUT2D eigenvalue weighted by atomic mass is 35.5. The molecule has 3 aromatic rings. The molecule has 0 aliphatic heterocycles. The highest BCUT2D eigenvalue weighted by molar-refractivity contribution is 6.31. The number of nitrogens with two attached hydrogens (primary N) is 1. The minimum absolute atomic E-state index is 0.0472. The minimum atomic E-state index is -0.0472. The van der Waals surface area contributed by atoms with Crippen LogP contribution in [-0.2, 0) is 0 Å². The largest absolute Gasteiger partial charge is 0.399 e. The topological polar surface area (TPSA) is 58.9 Å². The predicted molar refractivity (Wildman–Crippen MR) is 82.3 cm³/mol. The molecule has 0 unspecified atom stereocenters. The number of hydrogen-bond acceptors (Lipinski definition) is 2. The molecular weight excluding hydrogens is 272 g/mol. The van der Waals surface area contributed by atoms with Crippen LogP contribution in [0.5, 0.6) is 0 Å². The maximum absolute atomic E-state index is 12.6. The lowest BCUT2D eigenvalue weighted by atomic mass is 10.0. The van der Waals surface area contributed by atoms with E-state index >= 15 is 0 Å². The fourth-order valence-corrected chi connectivity index (χ4v) is 2.56. The first-order chi connectivity index (χ1) is 9.54. The van der Waals surface area contributed by atoms with Crippen molar-refractivity contribution in [2.24, 2.45) is 0 Å². The van der Waals surface area contributed by atoms with E-state index in [1.807, 2.05) is 25.1 Å². The third-order valence-electron chi connectivity index (χ3n) is 3.25. The molecule has 2 aromatic carbocycles. The number of halogens is 1. The zero-order chi connectivity index (χ0) is 14.3. The van der Waals surface area contributed by atoms with Crippen LogP contribution in [0.15, 0.2) is 42.6 Å². The molecule has 1 heterocycles. The average Bonchev–Trinajstić information content (AvgIpc) is 2.79. The van der Waals surface area contributed by atoms with E-state index in [2.05, 4.69) is 4.98 Å². The Morgan fingerprint density at radius 3 is 2.75 bits per heavy atom. The van der Waals surface area contributed by atoms with Gasteiger partial charge in [0.1, 0.15) is 0 Å². The van der Waals surface area contributed by atoms with Crippen LogP contribution in [0, 0.1) is 6.92 Å². The number of anilines is 1. The maximum atomic E-state index is 12.6. The molecule has 0 spiro atoms. The molecule has 0 saturated carbocycles. The summed E-state index contributed by atoms with van der Waals surface area (Å²) in [4.78, 5) is 15.7. The van der Waals surface area contributed by atoms with Gasteiger partial charge in [-0.25, -0.2) is 0 Å². The Morgan fingerprint density at radius 2 is 2.00 bits per heavy atom. The lowest BCUT2D eigenvalue weighted by molar-refractivity contribution is 0.104. The number of nitrogens with one attached hydrogen (secondary N) is 1. The summed E-state index contributed by atoms with van der Waals surface area (Å²) in [7, 11) is 0. The van der Waals surface area contributed by atoms with Gasteiger partial charge in [-0.15, -0.1) is 0 Å². The van der Waals surface area contributed by atoms with Crippen molar-refractivity contribution in [3.05, 3.63) is 64.3 Å². The Kier molecular flexibility index (Phi) is 2.99. The molecule has 0 atom stereocenters. The summed E-state index contributed by atoms with van der Waals surface area (Å²) >= 11 is 5.94. The second-order valence-electron chi connectivity index (χ2n) is 4.85. The van der Waals surface area contributed by atoms with Crippen molar-refractivity contribution < 1.29 is 4.79 Å². The van der Waals surface area contributed by atoms with Crippen LogP contribution in [0.2, 0.25) is 5.02 Å². The van der Waals surface area contributed by atoms with E-state index in [0.717, 1.165) is 16.5 Å². The molecule has 3 nitrogen and oxygen atoms in total. The van der Waals surface area contributed by atoms with Gasteiger partial charge in [0, 0.05) is 38.9 Å². The number of aromatic amines is 1. The van der Waals surface area contributed by atoms with Gasteiger partial charge in [0.05, 0.1) is 0 Å². The quantitative estimate of drug-likeness (QED) is 0.553. The van der Waals surface area contributed by atoms with Crippen LogP contribution < -0.4 is 5.73 Å². The number of nitrogen functional groups attached to an aromatic ring is 1. The van der Waals surface area contributed by atoms with Crippen molar-refractivity contribution in [2.75, 3.05) is 5.73 Å². The Balaban J connectivity index is 2.12. The van der Waals surface area contributed by atoms with Gasteiger partial charge in [0.15, 0.2) is 5.78 Å². The summed E-state index contributed by atoms with van der Waals surface area (Å²) in [5.41, 5.74) is 9.44. The summed E-state index contributed by atoms with van der Waals surface area (Å²) in [6, 6.07) is 10.8. The Bertz CT molecular complexity index is 800. The SMILES string of the molecule is Cc1cc(N)cc(C(=O)c2c[nH]c3cc(Cl)ccc23)c1. The standard InChI is InChI=1S/C16H13ClN2O/c1-9-4-10(6-12(18)5-9)16(20)14-8-19-15-7-11(17)2-3-13(14)15/h2-8,19H,18H2,1H3. The number of hydrogen-bond donors (Lipinski definition) is 2. The molecule has 0 radical (unpaired) electrons. The molecule has 0 aliphatic rings. The molecule has 3 N–H and O–H groups in total. The fourth-order valence-electron chi connectivity index (χ4n) is 2.39. The third kappa shape index (κ3) is 2.17. The smallest absolute Gasteiger partial charge is 0.195 e. The summed E-state index contributed by atoms with van der Waals surface area (Å²) in [6.45, 7) is 1.92. The van der Waals surface area contributed by atoms with E-state index in [1.165, 1.54) is 0 Å². The molecule has 20 heavy (non-hydrogen) atoms. The van der Waals surface area contributed by atoms with Crippen LogP contribution in [-0.4, -0.2) is 10.8 Å². The van der Waals surface area contributed by atoms with E-state index < -0.39 is 0 Å². The molecule has 4 heteroatoms. The van der Waals surface area contributed by atoms with Gasteiger partial charge in [-0.3, -0.25) is 4.79 Å². The van der Waals surface area contributed by atoms with E-state index in [4.69, 9.17) is 17.3 Å². The number of aromatic nitrogens is 1. The number of ketones is 1. The highest BCUT2D eigenvalue weighted by Crippen LogP contribution is 2.25. The maximum Gasteiger partial charge on any atom is 0.195 e. The van der Waals surface area contributed by atoms with Crippen LogP contribution in [0.25, 0.3) is 10.9 Å². The van der Waals surface area contributed by atoms with Crippen LogP contribution >= 0.6 is 11.6 Å². The zero-order valence-electron chi connectivity index (χ0n) is 10.9. The third-order valence-corrected chi connectivity index (χ3v) is 3.49. The lowest BCUT2D eigenvalue weighted by Gasteiger charge is -2.03. The molecular formula is C16H13ClN2O. The summed E-state index contributed by atoms with van der Waals surface area (Å²) in [5, 5.41) is 1.50. The molecule has 1 aromatic heterocycles. The fraction of sp³-hybridized carbons (Fsp3) is 0.0625. The monoisotopic (exact) mass is 284 g/mol. The molecule has 0 bridgehead atoms. The number of carbonyl (C=O) groups excluding carboxylic acids is 1. The highest BCUT2D eigenvalue weighted by Gasteiger charge is 2.15. The number of benzene rings is 2. The van der Waals surface area contributed by atoms with Gasteiger partial charge in [0.25, 0.3) is 0 Å². The second kappa shape index (κ2) is 4.69. The van der Waals surface area contributed by atoms with Crippen molar-refractivity contribution in [2.45, 2.75) is 6.92 Å². The van der Waals surface area contributed by atoms with Gasteiger partial charge >= 0.3 is 0 Å². The van der Waals surface area contributed by atoms with E-state index in [0.29, 0.717) is 21.8 Å². The minimum Gasteiger partial charge on any atom is -0.399 e. The summed E-state index contributed by atoms with van der Waals surface area (Å²) < 4.78 is 0. The Morgan fingerprint density at radius 1 is 1.20 bits per heavy atom. The molecule has 0 saturated heterocycles. The normalized spacial score (nSPS) is 10.9. The van der Waals surface area contributed by atoms with Gasteiger partial charge < -0.3 is 10.7 Å². The summed E-state index contributed by atoms with van der Waals surface area (Å²) in [6.07, 6.45) is 1.71. The molecule has 100 valence electrons. The van der Waals surface area contributed by atoms with Crippen LogP contribution in [0.3, 0.4) is 0 Å². The van der Waals surface area contributed by atoms with Crippen molar-refractivity contribution in [3.63, 3.8) is 0 Å². The van der Waals surface area contributed by atoms with Crippen molar-refractivity contribution in [1.29, 1.82) is 0 Å². The van der Waals surface area contributed by atoms with E-state index in [9.17, 15) is 4.79 Å². The number of rotatable bonds is 2. The van der Waals surface area contributed by atoms with Gasteiger partial charge in [0.2, 0.25) is 0 Å². The first-order valence-electron chi connectivity index (χ1n) is 6.23. The summed E-state index contributed by atoms with van der Waals surface area (Å²) in [5.74, 6) is -0.0472. The van der Waals surface area contributed by atoms with E-state index in [-0.39, 0.29) is 5.78 Å². The number of aryl methyl sites for hydroxylation is 1. The van der Waals surface area contributed by atoms with Crippen LogP contribution in [0.4, 0.5) is 5.69 Å². The Labute approximate surface area is 121 Å². The Hall–Kier alpha value is -2.26. The predicted octanol–water partition coefficient (Wildman–Crippen LogP) is 3.94. The first kappa shape index (κ1) is 12.8. The van der Waals surface area contributed by atoms with Gasteiger partial charge in [-0.2, -0.15) is 0 Å². The molecule has 0 aliphatic carbocycles. The number of fused-ring (bicyclic) bond motifs is 1. The number of carbonyl (C=O) groups is 1. The van der Waals surface area contributed by atoms with Crippen molar-refractivity contribution in [1.82, 2.24) is 4.98 Å². The average molecular weight is 285 g/mol. The van der Waals surface area contributed by atoms with Crippen LogP contribution in [0.1, 0.15) is 21.5 Å². The van der Waals surface area contributed by atoms with Crippen molar-refractivity contribution in [3.8, 4) is 0 Å². The zero-order valence-corrected chi connectivity index (χ0v) is 11.7.